The monoisotopic (exact) mass is 236 g/mol. The van der Waals surface area contributed by atoms with Gasteiger partial charge in [-0.05, 0) is 25.7 Å². The number of hydrogen-bond acceptors (Lipinski definition) is 3. The van der Waals surface area contributed by atoms with Gasteiger partial charge in [0.25, 0.3) is 0 Å². The van der Waals surface area contributed by atoms with Gasteiger partial charge in [0.2, 0.25) is 5.91 Å². The molecule has 0 radical (unpaired) electrons. The van der Waals surface area contributed by atoms with Crippen molar-refractivity contribution in [2.45, 2.75) is 45.1 Å². The number of piperidine rings is 1. The smallest absolute Gasteiger partial charge is 0.223 e. The lowest BCUT2D eigenvalue weighted by Gasteiger charge is -2.35. The fourth-order valence-corrected chi connectivity index (χ4v) is 2.45. The van der Waals surface area contributed by atoms with Gasteiger partial charge in [0.1, 0.15) is 6.33 Å². The molecule has 0 unspecified atom stereocenters. The standard InChI is InChI=1S/C12H20N4O/c1-3-6-11(17)16-8-5-4-7-10(16)12-14-13-9-15(12)2/h9-10H,3-8H2,1-2H3/t10-/m1/s1. The number of likely N-dealkylation sites (tertiary alicyclic amines) is 1. The fourth-order valence-electron chi connectivity index (χ4n) is 2.45. The SMILES string of the molecule is CCCC(=O)N1CCCC[C@@H]1c1nncn1C. The average Bonchev–Trinajstić information content (AvgIpc) is 2.76. The van der Waals surface area contributed by atoms with E-state index >= 15 is 0 Å². The number of aryl methyl sites for hydroxylation is 1. The van der Waals surface area contributed by atoms with Crippen LogP contribution in [-0.2, 0) is 11.8 Å². The molecule has 0 aliphatic carbocycles. The third-order valence-corrected chi connectivity index (χ3v) is 3.33. The Morgan fingerprint density at radius 2 is 2.35 bits per heavy atom. The molecule has 1 aromatic rings. The van der Waals surface area contributed by atoms with E-state index < -0.39 is 0 Å². The molecule has 17 heavy (non-hydrogen) atoms. The first-order valence-electron chi connectivity index (χ1n) is 6.37. The van der Waals surface area contributed by atoms with E-state index in [9.17, 15) is 4.79 Å². The highest BCUT2D eigenvalue weighted by molar-refractivity contribution is 5.76. The minimum absolute atomic E-state index is 0.121. The normalized spacial score (nSPS) is 20.6. The van der Waals surface area contributed by atoms with E-state index in [1.807, 2.05) is 23.4 Å². The number of rotatable bonds is 3. The van der Waals surface area contributed by atoms with Gasteiger partial charge in [0.05, 0.1) is 6.04 Å². The summed E-state index contributed by atoms with van der Waals surface area (Å²) in [5, 5.41) is 8.06. The highest BCUT2D eigenvalue weighted by Gasteiger charge is 2.30. The highest BCUT2D eigenvalue weighted by atomic mass is 16.2. The van der Waals surface area contributed by atoms with Gasteiger partial charge in [0.15, 0.2) is 5.82 Å². The van der Waals surface area contributed by atoms with Crippen LogP contribution in [0.3, 0.4) is 0 Å². The Hall–Kier alpha value is -1.39. The molecule has 2 rings (SSSR count). The molecule has 0 bridgehead atoms. The molecule has 1 saturated heterocycles. The summed E-state index contributed by atoms with van der Waals surface area (Å²) in [5.74, 6) is 1.16. The molecule has 5 nitrogen and oxygen atoms in total. The van der Waals surface area contributed by atoms with Gasteiger partial charge in [0, 0.05) is 20.0 Å². The summed E-state index contributed by atoms with van der Waals surface area (Å²) >= 11 is 0. The third-order valence-electron chi connectivity index (χ3n) is 3.33. The van der Waals surface area contributed by atoms with Crippen molar-refractivity contribution in [2.24, 2.45) is 7.05 Å². The number of nitrogens with zero attached hydrogens (tertiary/aromatic N) is 4. The van der Waals surface area contributed by atoms with Gasteiger partial charge in [-0.15, -0.1) is 10.2 Å². The number of carbonyl (C=O) groups excluding carboxylic acids is 1. The number of aromatic nitrogens is 3. The zero-order chi connectivity index (χ0) is 12.3. The second kappa shape index (κ2) is 5.29. The van der Waals surface area contributed by atoms with Crippen molar-refractivity contribution in [1.82, 2.24) is 19.7 Å². The van der Waals surface area contributed by atoms with Crippen LogP contribution in [0.2, 0.25) is 0 Å². The maximum absolute atomic E-state index is 12.1. The molecular formula is C12H20N4O. The van der Waals surface area contributed by atoms with Crippen LogP contribution in [0.5, 0.6) is 0 Å². The van der Waals surface area contributed by atoms with Gasteiger partial charge >= 0.3 is 0 Å². The van der Waals surface area contributed by atoms with E-state index in [2.05, 4.69) is 10.2 Å². The van der Waals surface area contributed by atoms with Gasteiger partial charge in [-0.25, -0.2) is 0 Å². The minimum Gasteiger partial charge on any atom is -0.332 e. The van der Waals surface area contributed by atoms with Crippen LogP contribution in [0.15, 0.2) is 6.33 Å². The molecule has 1 aromatic heterocycles. The zero-order valence-electron chi connectivity index (χ0n) is 10.6. The molecule has 0 aromatic carbocycles. The van der Waals surface area contributed by atoms with Crippen molar-refractivity contribution in [3.8, 4) is 0 Å². The first-order chi connectivity index (χ1) is 8.24. The second-order valence-electron chi connectivity index (χ2n) is 4.65. The van der Waals surface area contributed by atoms with Gasteiger partial charge in [-0.2, -0.15) is 0 Å². The maximum atomic E-state index is 12.1. The molecule has 0 saturated carbocycles. The highest BCUT2D eigenvalue weighted by Crippen LogP contribution is 2.29. The Bertz CT molecular complexity index is 388. The predicted molar refractivity (Wildman–Crippen MR) is 64.2 cm³/mol. The van der Waals surface area contributed by atoms with E-state index in [0.717, 1.165) is 38.1 Å². The summed E-state index contributed by atoms with van der Waals surface area (Å²) in [5.41, 5.74) is 0. The van der Waals surface area contributed by atoms with Crippen LogP contribution in [0.1, 0.15) is 50.9 Å². The topological polar surface area (TPSA) is 51.0 Å². The largest absolute Gasteiger partial charge is 0.332 e. The Balaban J connectivity index is 2.18. The Morgan fingerprint density at radius 3 is 3.00 bits per heavy atom. The molecule has 1 aliphatic rings. The van der Waals surface area contributed by atoms with E-state index in [0.29, 0.717) is 6.42 Å². The van der Waals surface area contributed by atoms with Crippen molar-refractivity contribution >= 4 is 5.91 Å². The minimum atomic E-state index is 0.121. The Kier molecular flexibility index (Phi) is 3.76. The molecule has 0 N–H and O–H groups in total. The van der Waals surface area contributed by atoms with Crippen LogP contribution in [0.25, 0.3) is 0 Å². The molecule has 1 atom stereocenters. The summed E-state index contributed by atoms with van der Waals surface area (Å²) in [7, 11) is 1.94. The first-order valence-corrected chi connectivity index (χ1v) is 6.37. The second-order valence-corrected chi connectivity index (χ2v) is 4.65. The number of hydrogen-bond donors (Lipinski definition) is 0. The summed E-state index contributed by atoms with van der Waals surface area (Å²) in [6.07, 6.45) is 6.50. The Morgan fingerprint density at radius 1 is 1.53 bits per heavy atom. The lowest BCUT2D eigenvalue weighted by molar-refractivity contribution is -0.135. The maximum Gasteiger partial charge on any atom is 0.223 e. The summed E-state index contributed by atoms with van der Waals surface area (Å²) in [6.45, 7) is 2.90. The number of amides is 1. The summed E-state index contributed by atoms with van der Waals surface area (Å²) in [4.78, 5) is 14.1. The van der Waals surface area contributed by atoms with Crippen molar-refractivity contribution in [2.75, 3.05) is 6.54 Å². The van der Waals surface area contributed by atoms with Crippen molar-refractivity contribution in [1.29, 1.82) is 0 Å². The molecule has 2 heterocycles. The van der Waals surface area contributed by atoms with Crippen LogP contribution in [0, 0.1) is 0 Å². The average molecular weight is 236 g/mol. The van der Waals surface area contributed by atoms with E-state index in [1.165, 1.54) is 0 Å². The molecular weight excluding hydrogens is 216 g/mol. The van der Waals surface area contributed by atoms with Crippen molar-refractivity contribution in [3.63, 3.8) is 0 Å². The van der Waals surface area contributed by atoms with E-state index in [4.69, 9.17) is 0 Å². The van der Waals surface area contributed by atoms with Crippen molar-refractivity contribution in [3.05, 3.63) is 12.2 Å². The van der Waals surface area contributed by atoms with E-state index in [-0.39, 0.29) is 11.9 Å². The lowest BCUT2D eigenvalue weighted by atomic mass is 10.0. The van der Waals surface area contributed by atoms with Crippen LogP contribution < -0.4 is 0 Å². The molecule has 1 fully saturated rings. The Labute approximate surface area is 102 Å². The predicted octanol–water partition coefficient (Wildman–Crippen LogP) is 1.67. The van der Waals surface area contributed by atoms with Crippen LogP contribution in [0.4, 0.5) is 0 Å². The zero-order valence-corrected chi connectivity index (χ0v) is 10.6. The molecule has 1 amide bonds. The van der Waals surface area contributed by atoms with Gasteiger partial charge in [-0.3, -0.25) is 4.79 Å². The number of carbonyl (C=O) groups is 1. The van der Waals surface area contributed by atoms with Crippen LogP contribution in [-0.4, -0.2) is 32.1 Å². The lowest BCUT2D eigenvalue weighted by Crippen LogP contribution is -2.39. The molecule has 5 heteroatoms. The van der Waals surface area contributed by atoms with Crippen LogP contribution >= 0.6 is 0 Å². The van der Waals surface area contributed by atoms with E-state index in [1.54, 1.807) is 6.33 Å². The van der Waals surface area contributed by atoms with Crippen molar-refractivity contribution < 1.29 is 4.79 Å². The quantitative estimate of drug-likeness (QED) is 0.802. The summed E-state index contributed by atoms with van der Waals surface area (Å²) in [6, 6.07) is 0.121. The fraction of sp³-hybridized carbons (Fsp3) is 0.750. The van der Waals surface area contributed by atoms with Gasteiger partial charge < -0.3 is 9.47 Å². The molecule has 94 valence electrons. The molecule has 1 aliphatic heterocycles. The summed E-state index contributed by atoms with van der Waals surface area (Å²) < 4.78 is 1.92. The van der Waals surface area contributed by atoms with Gasteiger partial charge in [-0.1, -0.05) is 6.92 Å². The molecule has 0 spiro atoms. The third kappa shape index (κ3) is 2.48. The first kappa shape index (κ1) is 12.1.